The average Bonchev–Trinajstić information content (AvgIpc) is 3.22. The minimum atomic E-state index is -3.79. The summed E-state index contributed by atoms with van der Waals surface area (Å²) in [6, 6.07) is 5.83. The van der Waals surface area contributed by atoms with Gasteiger partial charge < -0.3 is 9.26 Å². The van der Waals surface area contributed by atoms with Crippen molar-refractivity contribution in [3.8, 4) is 5.75 Å². The number of aromatic amines is 1. The number of hydrogen-bond acceptors (Lipinski definition) is 7. The summed E-state index contributed by atoms with van der Waals surface area (Å²) in [6.45, 7) is 3.79. The monoisotopic (exact) mass is 448 g/mol. The second-order valence-electron chi connectivity index (χ2n) is 7.58. The van der Waals surface area contributed by atoms with E-state index < -0.39 is 31.4 Å². The maximum Gasteiger partial charge on any atom is 0.530 e. The average molecular weight is 448 g/mol. The number of phosphoric acid groups is 1. The van der Waals surface area contributed by atoms with E-state index in [0.717, 1.165) is 30.4 Å². The van der Waals surface area contributed by atoms with Crippen LogP contribution in [0.3, 0.4) is 0 Å². The maximum atomic E-state index is 12.9. The SMILES string of the molecule is CCCCc1ccc2c(c1)OP(=O)(OC[C@@H]1C=C[C@H](n3cc(C)c(=O)[nH]c3=O)O1)OC2. The Morgan fingerprint density at radius 1 is 1.29 bits per heavy atom. The van der Waals surface area contributed by atoms with E-state index in [0.29, 0.717) is 11.3 Å². The summed E-state index contributed by atoms with van der Waals surface area (Å²) in [4.78, 5) is 25.8. The highest BCUT2D eigenvalue weighted by atomic mass is 31.2. The third kappa shape index (κ3) is 4.91. The molecule has 0 amide bonds. The topological polar surface area (TPSA) is 109 Å². The molecule has 0 radical (unpaired) electrons. The Balaban J connectivity index is 1.38. The summed E-state index contributed by atoms with van der Waals surface area (Å²) in [7, 11) is -3.79. The van der Waals surface area contributed by atoms with Crippen molar-refractivity contribution < 1.29 is 22.9 Å². The second-order valence-corrected chi connectivity index (χ2v) is 9.18. The molecular formula is C21H25N2O7P. The number of rotatable bonds is 7. The van der Waals surface area contributed by atoms with Crippen LogP contribution in [0.4, 0.5) is 0 Å². The summed E-state index contributed by atoms with van der Waals surface area (Å²) in [5.41, 5.74) is 1.31. The maximum absolute atomic E-state index is 12.9. The smallest absolute Gasteiger partial charge is 0.404 e. The van der Waals surface area contributed by atoms with Gasteiger partial charge >= 0.3 is 13.5 Å². The van der Waals surface area contributed by atoms with Crippen LogP contribution in [0.1, 0.15) is 42.7 Å². The molecule has 0 aliphatic carbocycles. The van der Waals surface area contributed by atoms with Crippen LogP contribution in [-0.4, -0.2) is 22.3 Å². The van der Waals surface area contributed by atoms with Gasteiger partial charge in [-0.15, -0.1) is 0 Å². The highest BCUT2D eigenvalue weighted by Crippen LogP contribution is 2.54. The number of unbranched alkanes of at least 4 members (excludes halogenated alkanes) is 1. The molecule has 166 valence electrons. The van der Waals surface area contributed by atoms with Crippen LogP contribution >= 0.6 is 7.82 Å². The molecule has 2 aliphatic rings. The van der Waals surface area contributed by atoms with Crippen molar-refractivity contribution in [2.24, 2.45) is 0 Å². The van der Waals surface area contributed by atoms with E-state index >= 15 is 0 Å². The fourth-order valence-corrected chi connectivity index (χ4v) is 4.60. The summed E-state index contributed by atoms with van der Waals surface area (Å²) in [5, 5.41) is 0. The van der Waals surface area contributed by atoms with Crippen LogP contribution in [0.2, 0.25) is 0 Å². The van der Waals surface area contributed by atoms with Crippen molar-refractivity contribution in [1.29, 1.82) is 0 Å². The van der Waals surface area contributed by atoms with Gasteiger partial charge in [0.2, 0.25) is 0 Å². The number of nitrogens with zero attached hydrogens (tertiary/aromatic N) is 1. The molecule has 1 N–H and O–H groups in total. The predicted molar refractivity (Wildman–Crippen MR) is 113 cm³/mol. The van der Waals surface area contributed by atoms with Crippen molar-refractivity contribution in [2.45, 2.75) is 52.0 Å². The number of phosphoric ester groups is 1. The van der Waals surface area contributed by atoms with E-state index in [1.807, 2.05) is 18.2 Å². The van der Waals surface area contributed by atoms with E-state index in [2.05, 4.69) is 11.9 Å². The molecule has 0 spiro atoms. The zero-order chi connectivity index (χ0) is 22.0. The van der Waals surface area contributed by atoms with Crippen LogP contribution < -0.4 is 15.8 Å². The lowest BCUT2D eigenvalue weighted by Crippen LogP contribution is -2.33. The Kier molecular flexibility index (Phi) is 6.29. The molecule has 31 heavy (non-hydrogen) atoms. The molecule has 1 aromatic heterocycles. The number of H-pyrrole nitrogens is 1. The van der Waals surface area contributed by atoms with E-state index in [1.165, 1.54) is 10.8 Å². The number of aryl methyl sites for hydroxylation is 2. The molecule has 9 nitrogen and oxygen atoms in total. The van der Waals surface area contributed by atoms with Crippen LogP contribution in [-0.2, 0) is 31.4 Å². The highest BCUT2D eigenvalue weighted by Gasteiger charge is 2.36. The number of ether oxygens (including phenoxy) is 1. The van der Waals surface area contributed by atoms with Crippen molar-refractivity contribution in [1.82, 2.24) is 9.55 Å². The molecule has 3 heterocycles. The van der Waals surface area contributed by atoms with Crippen molar-refractivity contribution in [2.75, 3.05) is 6.61 Å². The van der Waals surface area contributed by atoms with Crippen LogP contribution in [0.15, 0.2) is 46.1 Å². The minimum absolute atomic E-state index is 0.0772. The minimum Gasteiger partial charge on any atom is -0.404 e. The normalized spacial score (nSPS) is 24.7. The van der Waals surface area contributed by atoms with Gasteiger partial charge in [0.1, 0.15) is 11.9 Å². The first-order chi connectivity index (χ1) is 14.9. The molecule has 0 bridgehead atoms. The number of aromatic nitrogens is 2. The van der Waals surface area contributed by atoms with Crippen molar-refractivity contribution in [3.05, 3.63) is 74.1 Å². The quantitative estimate of drug-likeness (QED) is 0.511. The molecular weight excluding hydrogens is 423 g/mol. The Hall–Kier alpha value is -2.45. The Morgan fingerprint density at radius 2 is 2.13 bits per heavy atom. The van der Waals surface area contributed by atoms with Crippen LogP contribution in [0.25, 0.3) is 0 Å². The van der Waals surface area contributed by atoms with Gasteiger partial charge in [-0.2, -0.15) is 0 Å². The third-order valence-electron chi connectivity index (χ3n) is 5.16. The summed E-state index contributed by atoms with van der Waals surface area (Å²) in [5.74, 6) is 0.513. The number of fused-ring (bicyclic) bond motifs is 1. The third-order valence-corrected chi connectivity index (χ3v) is 6.49. The zero-order valence-electron chi connectivity index (χ0n) is 17.4. The van der Waals surface area contributed by atoms with Gasteiger partial charge in [-0.3, -0.25) is 23.4 Å². The standard InChI is InChI=1S/C21H25N2O7P/c1-3-4-5-15-6-7-16-12-27-31(26,30-18(16)10-15)28-13-17-8-9-19(29-17)23-11-14(2)20(24)22-21(23)25/h6-11,17,19H,3-5,12-13H2,1-2H3,(H,22,24,25)/t17-,19+,31?/m0/s1. The van der Waals surface area contributed by atoms with Gasteiger partial charge in [0.15, 0.2) is 6.23 Å². The summed E-state index contributed by atoms with van der Waals surface area (Å²) < 4.78 is 36.4. The van der Waals surface area contributed by atoms with Gasteiger partial charge in [0.05, 0.1) is 13.2 Å². The largest absolute Gasteiger partial charge is 0.530 e. The number of nitrogens with one attached hydrogen (secondary N) is 1. The molecule has 2 aliphatic heterocycles. The molecule has 1 aromatic carbocycles. The summed E-state index contributed by atoms with van der Waals surface area (Å²) >= 11 is 0. The molecule has 0 saturated carbocycles. The first-order valence-electron chi connectivity index (χ1n) is 10.2. The fourth-order valence-electron chi connectivity index (χ4n) is 3.38. The lowest BCUT2D eigenvalue weighted by atomic mass is 10.1. The Bertz CT molecular complexity index is 1150. The Labute approximate surface area is 179 Å². The zero-order valence-corrected chi connectivity index (χ0v) is 18.3. The van der Waals surface area contributed by atoms with Gasteiger partial charge in [-0.1, -0.05) is 31.6 Å². The van der Waals surface area contributed by atoms with E-state index in [4.69, 9.17) is 18.3 Å². The number of benzene rings is 1. The molecule has 0 saturated heterocycles. The molecule has 1 unspecified atom stereocenters. The predicted octanol–water partition coefficient (Wildman–Crippen LogP) is 3.38. The Morgan fingerprint density at radius 3 is 2.94 bits per heavy atom. The second kappa shape index (κ2) is 8.96. The highest BCUT2D eigenvalue weighted by molar-refractivity contribution is 7.49. The van der Waals surface area contributed by atoms with Crippen LogP contribution in [0, 0.1) is 6.92 Å². The van der Waals surface area contributed by atoms with Gasteiger partial charge in [-0.25, -0.2) is 9.36 Å². The summed E-state index contributed by atoms with van der Waals surface area (Å²) in [6.07, 6.45) is 6.61. The van der Waals surface area contributed by atoms with Crippen LogP contribution in [0.5, 0.6) is 5.75 Å². The van der Waals surface area contributed by atoms with Gasteiger partial charge in [0, 0.05) is 17.3 Å². The lowest BCUT2D eigenvalue weighted by Gasteiger charge is -2.26. The molecule has 0 fully saturated rings. The first-order valence-corrected chi connectivity index (χ1v) is 11.7. The number of hydrogen-bond donors (Lipinski definition) is 1. The van der Waals surface area contributed by atoms with Gasteiger partial charge in [0.25, 0.3) is 5.56 Å². The first kappa shape index (κ1) is 21.8. The molecule has 2 aromatic rings. The fraction of sp³-hybridized carbons (Fsp3) is 0.429. The van der Waals surface area contributed by atoms with Crippen molar-refractivity contribution in [3.63, 3.8) is 0 Å². The van der Waals surface area contributed by atoms with E-state index in [1.54, 1.807) is 19.1 Å². The van der Waals surface area contributed by atoms with E-state index in [9.17, 15) is 14.2 Å². The molecule has 10 heteroatoms. The van der Waals surface area contributed by atoms with Crippen molar-refractivity contribution >= 4 is 7.82 Å². The molecule has 4 rings (SSSR count). The van der Waals surface area contributed by atoms with E-state index in [-0.39, 0.29) is 13.2 Å². The van der Waals surface area contributed by atoms with Gasteiger partial charge in [-0.05, 0) is 37.5 Å². The lowest BCUT2D eigenvalue weighted by molar-refractivity contribution is -0.0130. The molecule has 3 atom stereocenters.